The van der Waals surface area contributed by atoms with Crippen molar-refractivity contribution in [3.05, 3.63) is 69.2 Å². The highest BCUT2D eigenvalue weighted by Crippen LogP contribution is 2.29. The van der Waals surface area contributed by atoms with Crippen LogP contribution in [0, 0.1) is 23.0 Å². The highest BCUT2D eigenvalue weighted by Gasteiger charge is 2.13. The van der Waals surface area contributed by atoms with E-state index in [0.717, 1.165) is 18.2 Å². The largest absolute Gasteiger partial charge is 0.320 e. The van der Waals surface area contributed by atoms with Crippen LogP contribution in [-0.2, 0) is 4.79 Å². The molecule has 3 nitrogen and oxygen atoms in total. The molecular formula is C16H8Cl2F2N2O. The Morgan fingerprint density at radius 1 is 1.22 bits per heavy atom. The average molecular weight is 353 g/mol. The molecule has 0 aliphatic carbocycles. The van der Waals surface area contributed by atoms with Gasteiger partial charge >= 0.3 is 0 Å². The van der Waals surface area contributed by atoms with Crippen LogP contribution in [0.1, 0.15) is 5.56 Å². The van der Waals surface area contributed by atoms with Crippen LogP contribution in [0.15, 0.2) is 42.0 Å². The molecule has 0 saturated carbocycles. The lowest BCUT2D eigenvalue weighted by Gasteiger charge is -2.07. The van der Waals surface area contributed by atoms with Crippen LogP contribution in [0.5, 0.6) is 0 Å². The van der Waals surface area contributed by atoms with Crippen LogP contribution in [-0.4, -0.2) is 5.91 Å². The number of hydrogen-bond acceptors (Lipinski definition) is 2. The zero-order chi connectivity index (χ0) is 17.0. The van der Waals surface area contributed by atoms with Crippen molar-refractivity contribution in [1.82, 2.24) is 0 Å². The topological polar surface area (TPSA) is 52.9 Å². The summed E-state index contributed by atoms with van der Waals surface area (Å²) in [6.07, 6.45) is 1.02. The SMILES string of the molecule is N#C/C(=C\c1ccc(F)cc1F)C(=O)Nc1cccc(Cl)c1Cl. The van der Waals surface area contributed by atoms with E-state index >= 15 is 0 Å². The second kappa shape index (κ2) is 7.23. The highest BCUT2D eigenvalue weighted by atomic mass is 35.5. The first-order valence-electron chi connectivity index (χ1n) is 6.24. The van der Waals surface area contributed by atoms with Gasteiger partial charge in [0, 0.05) is 11.6 Å². The molecule has 0 spiro atoms. The summed E-state index contributed by atoms with van der Waals surface area (Å²) >= 11 is 11.8. The molecule has 116 valence electrons. The Kier molecular flexibility index (Phi) is 5.32. The molecule has 0 aromatic heterocycles. The van der Waals surface area contributed by atoms with Gasteiger partial charge in [-0.15, -0.1) is 0 Å². The molecule has 1 amide bonds. The van der Waals surface area contributed by atoms with Crippen LogP contribution in [0.3, 0.4) is 0 Å². The van der Waals surface area contributed by atoms with Crippen molar-refractivity contribution in [3.63, 3.8) is 0 Å². The number of amides is 1. The molecule has 0 heterocycles. The van der Waals surface area contributed by atoms with Gasteiger partial charge in [0.05, 0.1) is 15.7 Å². The summed E-state index contributed by atoms with van der Waals surface area (Å²) in [7, 11) is 0. The molecule has 0 saturated heterocycles. The van der Waals surface area contributed by atoms with Gasteiger partial charge in [-0.1, -0.05) is 29.3 Å². The first kappa shape index (κ1) is 16.9. The van der Waals surface area contributed by atoms with Crippen molar-refractivity contribution in [2.75, 3.05) is 5.32 Å². The minimum atomic E-state index is -0.883. The molecule has 0 bridgehead atoms. The maximum Gasteiger partial charge on any atom is 0.266 e. The maximum absolute atomic E-state index is 13.6. The fourth-order valence-electron chi connectivity index (χ4n) is 1.71. The van der Waals surface area contributed by atoms with Crippen molar-refractivity contribution in [3.8, 4) is 6.07 Å². The van der Waals surface area contributed by atoms with E-state index in [-0.39, 0.29) is 26.9 Å². The average Bonchev–Trinajstić information content (AvgIpc) is 2.51. The van der Waals surface area contributed by atoms with Crippen LogP contribution in [0.25, 0.3) is 6.08 Å². The third kappa shape index (κ3) is 4.07. The van der Waals surface area contributed by atoms with Gasteiger partial charge in [0.2, 0.25) is 0 Å². The minimum absolute atomic E-state index is 0.0877. The minimum Gasteiger partial charge on any atom is -0.320 e. The summed E-state index contributed by atoms with van der Waals surface area (Å²) in [5, 5.41) is 11.8. The molecule has 2 aromatic carbocycles. The van der Waals surface area contributed by atoms with Gasteiger partial charge in [-0.25, -0.2) is 8.78 Å². The van der Waals surface area contributed by atoms with Crippen molar-refractivity contribution >= 4 is 40.9 Å². The first-order valence-corrected chi connectivity index (χ1v) is 7.00. The summed E-state index contributed by atoms with van der Waals surface area (Å²) in [5.74, 6) is -2.43. The van der Waals surface area contributed by atoms with Gasteiger partial charge in [-0.05, 0) is 30.3 Å². The Hall–Kier alpha value is -2.42. The number of hydrogen-bond donors (Lipinski definition) is 1. The van der Waals surface area contributed by atoms with E-state index in [4.69, 9.17) is 28.5 Å². The molecule has 0 fully saturated rings. The monoisotopic (exact) mass is 352 g/mol. The maximum atomic E-state index is 13.6. The summed E-state index contributed by atoms with van der Waals surface area (Å²) in [4.78, 5) is 12.1. The van der Waals surface area contributed by atoms with Gasteiger partial charge < -0.3 is 5.32 Å². The van der Waals surface area contributed by atoms with Crippen molar-refractivity contribution < 1.29 is 13.6 Å². The molecule has 0 aliphatic rings. The summed E-state index contributed by atoms with van der Waals surface area (Å²) in [6.45, 7) is 0. The predicted molar refractivity (Wildman–Crippen MR) is 85.0 cm³/mol. The predicted octanol–water partition coefficient (Wildman–Crippen LogP) is 4.82. The normalized spacial score (nSPS) is 11.0. The van der Waals surface area contributed by atoms with Crippen molar-refractivity contribution in [2.45, 2.75) is 0 Å². The van der Waals surface area contributed by atoms with E-state index in [2.05, 4.69) is 5.32 Å². The molecule has 0 atom stereocenters. The van der Waals surface area contributed by atoms with Gasteiger partial charge in [0.25, 0.3) is 5.91 Å². The molecular weight excluding hydrogens is 345 g/mol. The lowest BCUT2D eigenvalue weighted by atomic mass is 10.1. The molecule has 0 radical (unpaired) electrons. The van der Waals surface area contributed by atoms with E-state index < -0.39 is 17.5 Å². The quantitative estimate of drug-likeness (QED) is 0.636. The molecule has 2 rings (SSSR count). The third-order valence-corrected chi connectivity index (χ3v) is 3.65. The summed E-state index contributed by atoms with van der Waals surface area (Å²) in [5.41, 5.74) is -0.244. The number of nitrogens with one attached hydrogen (secondary N) is 1. The van der Waals surface area contributed by atoms with E-state index in [1.807, 2.05) is 0 Å². The summed E-state index contributed by atoms with van der Waals surface area (Å²) in [6, 6.07) is 9.07. The number of carbonyl (C=O) groups is 1. The van der Waals surface area contributed by atoms with Crippen LogP contribution >= 0.6 is 23.2 Å². The zero-order valence-corrected chi connectivity index (χ0v) is 12.9. The molecule has 0 aliphatic heterocycles. The van der Waals surface area contributed by atoms with Crippen LogP contribution in [0.4, 0.5) is 14.5 Å². The standard InChI is InChI=1S/C16H8Cl2F2N2O/c17-12-2-1-3-14(15(12)18)22-16(23)10(8-21)6-9-4-5-11(19)7-13(9)20/h1-7H,(H,22,23)/b10-6+. The number of halogens is 4. The number of carbonyl (C=O) groups excluding carboxylic acids is 1. The molecule has 23 heavy (non-hydrogen) atoms. The van der Waals surface area contributed by atoms with Gasteiger partial charge in [0.1, 0.15) is 23.3 Å². The summed E-state index contributed by atoms with van der Waals surface area (Å²) < 4.78 is 26.5. The third-order valence-electron chi connectivity index (χ3n) is 2.83. The van der Waals surface area contributed by atoms with E-state index in [1.54, 1.807) is 12.1 Å². The number of anilines is 1. The molecule has 1 N–H and O–H groups in total. The smallest absolute Gasteiger partial charge is 0.266 e. The van der Waals surface area contributed by atoms with Crippen LogP contribution < -0.4 is 5.32 Å². The van der Waals surface area contributed by atoms with Gasteiger partial charge in [0.15, 0.2) is 0 Å². The van der Waals surface area contributed by atoms with Crippen LogP contribution in [0.2, 0.25) is 10.0 Å². The number of rotatable bonds is 3. The second-order valence-corrected chi connectivity index (χ2v) is 5.18. The number of nitrogens with zero attached hydrogens (tertiary/aromatic N) is 1. The molecule has 7 heteroatoms. The van der Waals surface area contributed by atoms with Gasteiger partial charge in [-0.2, -0.15) is 5.26 Å². The lowest BCUT2D eigenvalue weighted by molar-refractivity contribution is -0.112. The van der Waals surface area contributed by atoms with E-state index in [0.29, 0.717) is 6.07 Å². The Bertz CT molecular complexity index is 844. The Balaban J connectivity index is 2.30. The second-order valence-electron chi connectivity index (χ2n) is 4.39. The fourth-order valence-corrected chi connectivity index (χ4v) is 2.06. The van der Waals surface area contributed by atoms with E-state index in [1.165, 1.54) is 12.1 Å². The Labute approximate surface area is 140 Å². The lowest BCUT2D eigenvalue weighted by Crippen LogP contribution is -2.14. The Morgan fingerprint density at radius 3 is 2.61 bits per heavy atom. The zero-order valence-electron chi connectivity index (χ0n) is 11.4. The number of benzene rings is 2. The van der Waals surface area contributed by atoms with Crippen molar-refractivity contribution in [1.29, 1.82) is 5.26 Å². The highest BCUT2D eigenvalue weighted by molar-refractivity contribution is 6.44. The van der Waals surface area contributed by atoms with Gasteiger partial charge in [-0.3, -0.25) is 4.79 Å². The Morgan fingerprint density at radius 2 is 1.96 bits per heavy atom. The fraction of sp³-hybridized carbons (Fsp3) is 0. The van der Waals surface area contributed by atoms with E-state index in [9.17, 15) is 13.6 Å². The molecule has 0 unspecified atom stereocenters. The van der Waals surface area contributed by atoms with Crippen molar-refractivity contribution in [2.24, 2.45) is 0 Å². The molecule has 2 aromatic rings. The number of nitriles is 1. The first-order chi connectivity index (χ1) is 10.9.